The predicted octanol–water partition coefficient (Wildman–Crippen LogP) is -1.14. The van der Waals surface area contributed by atoms with E-state index in [0.717, 1.165) is 0 Å². The number of fused-ring (bicyclic) bond motifs is 2. The molecule has 0 amide bonds. The lowest BCUT2D eigenvalue weighted by Gasteiger charge is -2.50. The first-order valence-electron chi connectivity index (χ1n) is 7.27. The van der Waals surface area contributed by atoms with Crippen molar-refractivity contribution in [1.82, 2.24) is 24.8 Å². The topological polar surface area (TPSA) is 131 Å². The van der Waals surface area contributed by atoms with E-state index in [9.17, 15) is 10.2 Å². The number of nitrogens with zero attached hydrogens (tertiary/aromatic N) is 4. The number of nitrogens with two attached hydrogens (primary N) is 1. The zero-order valence-corrected chi connectivity index (χ0v) is 13.1. The summed E-state index contributed by atoms with van der Waals surface area (Å²) in [6.07, 6.45) is 2.14. The monoisotopic (exact) mass is 342 g/mol. The second kappa shape index (κ2) is 5.84. The number of piperidine rings is 1. The van der Waals surface area contributed by atoms with Crippen molar-refractivity contribution >= 4 is 29.4 Å². The number of halogens is 1. The molecule has 4 heterocycles. The molecule has 0 radical (unpaired) electrons. The number of aromatic nitrogens is 4. The van der Waals surface area contributed by atoms with Crippen molar-refractivity contribution in [2.24, 2.45) is 0 Å². The number of aliphatic hydroxyl groups excluding tert-OH is 1. The zero-order chi connectivity index (χ0) is 15.3. The van der Waals surface area contributed by atoms with Crippen molar-refractivity contribution in [2.75, 3.05) is 25.4 Å². The number of aliphatic hydroxyl groups is 2. The molecule has 2 aliphatic rings. The summed E-state index contributed by atoms with van der Waals surface area (Å²) >= 11 is 0. The van der Waals surface area contributed by atoms with Crippen molar-refractivity contribution in [3.05, 3.63) is 12.7 Å². The molecule has 5 N–H and O–H groups in total. The van der Waals surface area contributed by atoms with Gasteiger partial charge in [0.15, 0.2) is 11.5 Å². The van der Waals surface area contributed by atoms with E-state index < -0.39 is 17.7 Å². The Morgan fingerprint density at radius 2 is 2.22 bits per heavy atom. The minimum Gasteiger partial charge on any atom is -0.388 e. The fourth-order valence-corrected chi connectivity index (χ4v) is 3.54. The van der Waals surface area contributed by atoms with Crippen LogP contribution in [-0.2, 0) is 4.74 Å². The molecule has 2 saturated heterocycles. The van der Waals surface area contributed by atoms with Gasteiger partial charge in [0.2, 0.25) is 0 Å². The minimum atomic E-state index is -1.18. The number of anilines is 1. The summed E-state index contributed by atoms with van der Waals surface area (Å²) in [7, 11) is 0. The molecule has 2 fully saturated rings. The van der Waals surface area contributed by atoms with Crippen LogP contribution in [0.2, 0.25) is 0 Å². The van der Waals surface area contributed by atoms with E-state index in [1.165, 1.54) is 6.33 Å². The first-order valence-corrected chi connectivity index (χ1v) is 7.27. The van der Waals surface area contributed by atoms with Crippen molar-refractivity contribution in [3.63, 3.8) is 0 Å². The average Bonchev–Trinajstić information content (AvgIpc) is 2.91. The molecule has 4 atom stereocenters. The largest absolute Gasteiger partial charge is 0.388 e. The second-order valence-electron chi connectivity index (χ2n) is 5.86. The van der Waals surface area contributed by atoms with Gasteiger partial charge in [0.1, 0.15) is 29.7 Å². The molecule has 2 aliphatic heterocycles. The van der Waals surface area contributed by atoms with Crippen molar-refractivity contribution in [1.29, 1.82) is 0 Å². The van der Waals surface area contributed by atoms with Gasteiger partial charge in [0, 0.05) is 6.54 Å². The molecular weight excluding hydrogens is 324 g/mol. The molecular formula is C13H19ClN6O3. The van der Waals surface area contributed by atoms with E-state index in [1.54, 1.807) is 10.9 Å². The highest BCUT2D eigenvalue weighted by Crippen LogP contribution is 2.40. The van der Waals surface area contributed by atoms with Crippen LogP contribution in [0.3, 0.4) is 0 Å². The maximum absolute atomic E-state index is 11.2. The number of nitrogen functional groups attached to an aromatic ring is 1. The Morgan fingerprint density at radius 1 is 1.39 bits per heavy atom. The minimum absolute atomic E-state index is 0. The molecule has 0 unspecified atom stereocenters. The lowest BCUT2D eigenvalue weighted by Crippen LogP contribution is -2.65. The summed E-state index contributed by atoms with van der Waals surface area (Å²) in [6.45, 7) is 1.35. The maximum Gasteiger partial charge on any atom is 0.165 e. The Morgan fingerprint density at radius 3 is 3.04 bits per heavy atom. The summed E-state index contributed by atoms with van der Waals surface area (Å²) in [4.78, 5) is 12.4. The number of hydrogen-bond donors (Lipinski definition) is 4. The van der Waals surface area contributed by atoms with E-state index in [1.807, 2.05) is 0 Å². The number of rotatable bonds is 1. The van der Waals surface area contributed by atoms with Crippen molar-refractivity contribution < 1.29 is 14.9 Å². The second-order valence-corrected chi connectivity index (χ2v) is 5.86. The maximum atomic E-state index is 11.2. The van der Waals surface area contributed by atoms with E-state index in [0.29, 0.717) is 30.7 Å². The van der Waals surface area contributed by atoms with Gasteiger partial charge in [-0.3, -0.25) is 0 Å². The van der Waals surface area contributed by atoms with Gasteiger partial charge in [0.05, 0.1) is 19.0 Å². The van der Waals surface area contributed by atoms with Gasteiger partial charge in [-0.1, -0.05) is 0 Å². The predicted molar refractivity (Wildman–Crippen MR) is 84.2 cm³/mol. The normalized spacial score (nSPS) is 33.9. The third-order valence-corrected chi connectivity index (χ3v) is 4.62. The summed E-state index contributed by atoms with van der Waals surface area (Å²) < 4.78 is 7.30. The Labute approximate surface area is 138 Å². The fourth-order valence-electron chi connectivity index (χ4n) is 3.54. The molecule has 0 saturated carbocycles. The SMILES string of the molecule is Cl.Nc1ncnc2c1ncn2[C@H]1[C@H](O)CO[C@@H]2CNCC[C@@]12O. The van der Waals surface area contributed by atoms with Gasteiger partial charge >= 0.3 is 0 Å². The number of ether oxygens (including phenoxy) is 1. The quantitative estimate of drug-likeness (QED) is 0.511. The van der Waals surface area contributed by atoms with E-state index in [4.69, 9.17) is 10.5 Å². The van der Waals surface area contributed by atoms with Gasteiger partial charge in [-0.2, -0.15) is 0 Å². The van der Waals surface area contributed by atoms with E-state index in [2.05, 4.69) is 20.3 Å². The Hall–Kier alpha value is -1.52. The highest BCUT2D eigenvalue weighted by atomic mass is 35.5. The molecule has 0 bridgehead atoms. The average molecular weight is 343 g/mol. The standard InChI is InChI=1S/C13H18N6O3.ClH/c14-11-9-12(17-5-16-11)19(6-18-9)10-7(20)4-22-8-3-15-2-1-13(8,10)21;/h5-8,10,15,20-21H,1-4H2,(H2,14,16,17);1H/t7-,8-,10+,13+;/m1./s1. The van der Waals surface area contributed by atoms with Crippen molar-refractivity contribution in [3.8, 4) is 0 Å². The lowest BCUT2D eigenvalue weighted by molar-refractivity contribution is -0.219. The number of hydrogen-bond acceptors (Lipinski definition) is 8. The van der Waals surface area contributed by atoms with Gasteiger partial charge < -0.3 is 30.6 Å². The first kappa shape index (κ1) is 16.3. The van der Waals surface area contributed by atoms with Crippen LogP contribution in [0.1, 0.15) is 12.5 Å². The Kier molecular flexibility index (Phi) is 4.15. The molecule has 4 rings (SSSR count). The zero-order valence-electron chi connectivity index (χ0n) is 12.3. The fraction of sp³-hybridized carbons (Fsp3) is 0.615. The molecule has 0 aliphatic carbocycles. The number of imidazole rings is 1. The summed E-state index contributed by atoms with van der Waals surface area (Å²) in [5.74, 6) is 0.277. The van der Waals surface area contributed by atoms with Crippen LogP contribution >= 0.6 is 12.4 Å². The smallest absolute Gasteiger partial charge is 0.165 e. The molecule has 9 nitrogen and oxygen atoms in total. The Bertz CT molecular complexity index is 712. The van der Waals surface area contributed by atoms with Gasteiger partial charge in [-0.25, -0.2) is 15.0 Å². The highest BCUT2D eigenvalue weighted by Gasteiger charge is 2.53. The third-order valence-electron chi connectivity index (χ3n) is 4.62. The van der Waals surface area contributed by atoms with Crippen LogP contribution in [-0.4, -0.2) is 67.2 Å². The highest BCUT2D eigenvalue weighted by molar-refractivity contribution is 5.85. The lowest BCUT2D eigenvalue weighted by atomic mass is 9.78. The van der Waals surface area contributed by atoms with Gasteiger partial charge in [-0.15, -0.1) is 12.4 Å². The van der Waals surface area contributed by atoms with E-state index >= 15 is 0 Å². The molecule has 23 heavy (non-hydrogen) atoms. The molecule has 126 valence electrons. The molecule has 0 spiro atoms. The molecule has 10 heteroatoms. The molecule has 2 aromatic rings. The van der Waals surface area contributed by atoms with Crippen LogP contribution < -0.4 is 11.1 Å². The summed E-state index contributed by atoms with van der Waals surface area (Å²) in [5.41, 5.74) is 5.60. The summed E-state index contributed by atoms with van der Waals surface area (Å²) in [6, 6.07) is -0.590. The Balaban J connectivity index is 0.00000156. The van der Waals surface area contributed by atoms with Gasteiger partial charge in [-0.05, 0) is 13.0 Å². The van der Waals surface area contributed by atoms with Crippen LogP contribution in [0.4, 0.5) is 5.82 Å². The van der Waals surface area contributed by atoms with Crippen LogP contribution in [0.15, 0.2) is 12.7 Å². The van der Waals surface area contributed by atoms with Crippen LogP contribution in [0, 0.1) is 0 Å². The first-order chi connectivity index (χ1) is 10.6. The number of nitrogens with one attached hydrogen (secondary N) is 1. The van der Waals surface area contributed by atoms with Crippen LogP contribution in [0.5, 0.6) is 0 Å². The van der Waals surface area contributed by atoms with E-state index in [-0.39, 0.29) is 30.9 Å². The molecule has 2 aromatic heterocycles. The summed E-state index contributed by atoms with van der Waals surface area (Å²) in [5, 5.41) is 24.8. The van der Waals surface area contributed by atoms with Crippen molar-refractivity contribution in [2.45, 2.75) is 30.3 Å². The third kappa shape index (κ3) is 2.36. The molecule has 0 aromatic carbocycles. The van der Waals surface area contributed by atoms with Crippen LogP contribution in [0.25, 0.3) is 11.2 Å². The van der Waals surface area contributed by atoms with Gasteiger partial charge in [0.25, 0.3) is 0 Å².